The summed E-state index contributed by atoms with van der Waals surface area (Å²) in [5.74, 6) is 0. The van der Waals surface area contributed by atoms with Gasteiger partial charge in [-0.2, -0.15) is 0 Å². The molecule has 1 fully saturated rings. The first-order valence-electron chi connectivity index (χ1n) is 8.34. The van der Waals surface area contributed by atoms with Gasteiger partial charge in [-0.25, -0.2) is 4.79 Å². The number of aliphatic hydroxyl groups is 1. The van der Waals surface area contributed by atoms with Crippen LogP contribution < -0.4 is 0 Å². The molecule has 1 saturated heterocycles. The molecule has 25 heavy (non-hydrogen) atoms. The monoisotopic (exact) mass is 407 g/mol. The number of fused-ring (bicyclic) bond motifs is 2. The Morgan fingerprint density at radius 3 is 2.72 bits per heavy atom. The normalized spacial score (nSPS) is 29.6. The van der Waals surface area contributed by atoms with Gasteiger partial charge in [-0.3, -0.25) is 0 Å². The molecule has 1 spiro atoms. The summed E-state index contributed by atoms with van der Waals surface area (Å²) in [6, 6.07) is -0.0636. The number of ether oxygens (including phenoxy) is 2. The third-order valence-electron chi connectivity index (χ3n) is 4.65. The molecule has 3 atom stereocenters. The lowest BCUT2D eigenvalue weighted by molar-refractivity contribution is -0.136. The number of halogens is 2. The van der Waals surface area contributed by atoms with Gasteiger partial charge in [-0.1, -0.05) is 23.2 Å². The first-order chi connectivity index (χ1) is 11.5. The predicted molar refractivity (Wildman–Crippen MR) is 98.6 cm³/mol. The molecule has 1 aromatic rings. The van der Waals surface area contributed by atoms with Crippen molar-refractivity contribution in [1.82, 2.24) is 4.90 Å². The van der Waals surface area contributed by atoms with E-state index in [4.69, 9.17) is 32.7 Å². The molecule has 0 aliphatic carbocycles. The van der Waals surface area contributed by atoms with Gasteiger partial charge in [-0.15, -0.1) is 11.3 Å². The Morgan fingerprint density at radius 1 is 1.44 bits per heavy atom. The lowest BCUT2D eigenvalue weighted by atomic mass is 9.81. The fraction of sp³-hybridized carbons (Fsp3) is 0.706. The fourth-order valence-corrected chi connectivity index (χ4v) is 5.44. The van der Waals surface area contributed by atoms with Crippen molar-refractivity contribution >= 4 is 40.6 Å². The summed E-state index contributed by atoms with van der Waals surface area (Å²) in [6.45, 7) is 8.24. The standard InChI is InChI=1S/C17H23Cl2NO4S/c1-9-7-17(5-6-20(9)15(22)24-16(2,3)4)13-11(10(21)8-23-17)12(18)14(19)25-13/h9-10,21H,5-8H2,1-4H3/t9-,10?,17?/m0/s1. The molecule has 2 unspecified atom stereocenters. The van der Waals surface area contributed by atoms with E-state index in [9.17, 15) is 9.90 Å². The number of carbonyl (C=O) groups is 1. The largest absolute Gasteiger partial charge is 0.444 e. The Morgan fingerprint density at radius 2 is 2.12 bits per heavy atom. The van der Waals surface area contributed by atoms with Crippen LogP contribution in [-0.4, -0.2) is 40.9 Å². The second-order valence-electron chi connectivity index (χ2n) is 7.73. The van der Waals surface area contributed by atoms with E-state index in [1.807, 2.05) is 27.7 Å². The van der Waals surface area contributed by atoms with Crippen molar-refractivity contribution in [3.05, 3.63) is 19.8 Å². The Balaban J connectivity index is 1.85. The lowest BCUT2D eigenvalue weighted by Gasteiger charge is -2.47. The number of thiophene rings is 1. The lowest BCUT2D eigenvalue weighted by Crippen LogP contribution is -2.53. The zero-order valence-electron chi connectivity index (χ0n) is 14.8. The molecule has 0 bridgehead atoms. The summed E-state index contributed by atoms with van der Waals surface area (Å²) in [5.41, 5.74) is -0.409. The Bertz CT molecular complexity index is 687. The molecule has 8 heteroatoms. The molecule has 5 nitrogen and oxygen atoms in total. The summed E-state index contributed by atoms with van der Waals surface area (Å²) in [5, 5.41) is 10.7. The Hall–Kier alpha value is -0.530. The minimum absolute atomic E-state index is 0.0636. The van der Waals surface area contributed by atoms with Gasteiger partial charge in [0.2, 0.25) is 0 Å². The van der Waals surface area contributed by atoms with Crippen molar-refractivity contribution in [2.45, 2.75) is 63.9 Å². The number of amides is 1. The van der Waals surface area contributed by atoms with E-state index in [1.165, 1.54) is 11.3 Å². The Labute approximate surface area is 161 Å². The molecular weight excluding hydrogens is 385 g/mol. The van der Waals surface area contributed by atoms with Gasteiger partial charge in [0.1, 0.15) is 21.6 Å². The maximum Gasteiger partial charge on any atom is 0.410 e. The number of likely N-dealkylation sites (tertiary alicyclic amines) is 1. The van der Waals surface area contributed by atoms with E-state index in [0.29, 0.717) is 34.3 Å². The van der Waals surface area contributed by atoms with Crippen LogP contribution in [0.2, 0.25) is 9.36 Å². The van der Waals surface area contributed by atoms with Crippen molar-refractivity contribution in [2.75, 3.05) is 13.2 Å². The van der Waals surface area contributed by atoms with Gasteiger partial charge in [-0.05, 0) is 34.1 Å². The summed E-state index contributed by atoms with van der Waals surface area (Å²) < 4.78 is 12.0. The van der Waals surface area contributed by atoms with E-state index >= 15 is 0 Å². The zero-order chi connectivity index (χ0) is 18.6. The number of aliphatic hydroxyl groups excluding tert-OH is 1. The molecule has 140 valence electrons. The van der Waals surface area contributed by atoms with Gasteiger partial charge in [0.05, 0.1) is 11.6 Å². The van der Waals surface area contributed by atoms with Crippen LogP contribution in [0.1, 0.15) is 57.1 Å². The average molecular weight is 408 g/mol. The molecule has 2 aliphatic heterocycles. The third-order valence-corrected chi connectivity index (χ3v) is 6.85. The molecule has 2 aliphatic rings. The molecule has 1 aromatic heterocycles. The van der Waals surface area contributed by atoms with Gasteiger partial charge >= 0.3 is 6.09 Å². The maximum absolute atomic E-state index is 12.4. The van der Waals surface area contributed by atoms with E-state index in [0.717, 1.165) is 4.88 Å². The molecule has 3 rings (SSSR count). The van der Waals surface area contributed by atoms with Gasteiger partial charge in [0.15, 0.2) is 0 Å². The van der Waals surface area contributed by atoms with Crippen LogP contribution in [0.4, 0.5) is 4.79 Å². The molecule has 1 N–H and O–H groups in total. The highest BCUT2D eigenvalue weighted by Gasteiger charge is 2.49. The quantitative estimate of drug-likeness (QED) is 0.674. The average Bonchev–Trinajstić information content (AvgIpc) is 2.79. The highest BCUT2D eigenvalue weighted by molar-refractivity contribution is 7.17. The van der Waals surface area contributed by atoms with Crippen molar-refractivity contribution < 1.29 is 19.4 Å². The number of hydrogen-bond donors (Lipinski definition) is 1. The van der Waals surface area contributed by atoms with Crippen LogP contribution in [0.15, 0.2) is 0 Å². The second kappa shape index (κ2) is 6.57. The van der Waals surface area contributed by atoms with Crippen molar-refractivity contribution in [3.8, 4) is 0 Å². The van der Waals surface area contributed by atoms with Crippen LogP contribution in [0, 0.1) is 0 Å². The highest BCUT2D eigenvalue weighted by atomic mass is 35.5. The smallest absolute Gasteiger partial charge is 0.410 e. The van der Waals surface area contributed by atoms with Crippen molar-refractivity contribution in [1.29, 1.82) is 0 Å². The van der Waals surface area contributed by atoms with Crippen LogP contribution in [0.25, 0.3) is 0 Å². The number of piperidine rings is 1. The van der Waals surface area contributed by atoms with E-state index in [-0.39, 0.29) is 18.7 Å². The molecule has 3 heterocycles. The fourth-order valence-electron chi connectivity index (χ4n) is 3.56. The summed E-state index contributed by atoms with van der Waals surface area (Å²) in [7, 11) is 0. The van der Waals surface area contributed by atoms with Gasteiger partial charge in [0, 0.05) is 29.4 Å². The van der Waals surface area contributed by atoms with E-state index < -0.39 is 17.3 Å². The van der Waals surface area contributed by atoms with Crippen molar-refractivity contribution in [3.63, 3.8) is 0 Å². The molecule has 0 saturated carbocycles. The van der Waals surface area contributed by atoms with Crippen molar-refractivity contribution in [2.24, 2.45) is 0 Å². The van der Waals surface area contributed by atoms with Gasteiger partial charge < -0.3 is 19.5 Å². The SMILES string of the molecule is C[C@H]1CC2(CCN1C(=O)OC(C)(C)C)OCC(O)c1c2sc(Cl)c1Cl. The zero-order valence-corrected chi connectivity index (χ0v) is 17.1. The van der Waals surface area contributed by atoms with Crippen LogP contribution in [0.5, 0.6) is 0 Å². The van der Waals surface area contributed by atoms with Crippen LogP contribution in [0.3, 0.4) is 0 Å². The molecule has 0 aromatic carbocycles. The Kier molecular flexibility index (Phi) is 5.06. The predicted octanol–water partition coefficient (Wildman–Crippen LogP) is 4.73. The number of hydrogen-bond acceptors (Lipinski definition) is 5. The first-order valence-corrected chi connectivity index (χ1v) is 9.91. The minimum Gasteiger partial charge on any atom is -0.444 e. The second-order valence-corrected chi connectivity index (χ2v) is 9.73. The maximum atomic E-state index is 12.4. The topological polar surface area (TPSA) is 59.0 Å². The van der Waals surface area contributed by atoms with E-state index in [1.54, 1.807) is 4.90 Å². The minimum atomic E-state index is -0.768. The highest BCUT2D eigenvalue weighted by Crippen LogP contribution is 2.53. The molecule has 0 radical (unpaired) electrons. The summed E-state index contributed by atoms with van der Waals surface area (Å²) in [6.07, 6.45) is 0.145. The number of carbonyl (C=O) groups excluding carboxylic acids is 1. The third kappa shape index (κ3) is 3.52. The number of nitrogens with zero attached hydrogens (tertiary/aromatic N) is 1. The summed E-state index contributed by atoms with van der Waals surface area (Å²) >= 11 is 13.9. The first kappa shape index (κ1) is 19.2. The van der Waals surface area contributed by atoms with Crippen LogP contribution in [-0.2, 0) is 15.1 Å². The van der Waals surface area contributed by atoms with Gasteiger partial charge in [0.25, 0.3) is 0 Å². The number of rotatable bonds is 0. The molecular formula is C17H23Cl2NO4S. The molecule has 1 amide bonds. The van der Waals surface area contributed by atoms with E-state index in [2.05, 4.69) is 0 Å². The van der Waals surface area contributed by atoms with Crippen LogP contribution >= 0.6 is 34.5 Å². The summed E-state index contributed by atoms with van der Waals surface area (Å²) in [4.78, 5) is 15.1.